The van der Waals surface area contributed by atoms with Crippen LogP contribution in [0.5, 0.6) is 0 Å². The Balaban J connectivity index is 1.71. The van der Waals surface area contributed by atoms with Gasteiger partial charge in [0.15, 0.2) is 0 Å². The van der Waals surface area contributed by atoms with E-state index in [4.69, 9.17) is 22.1 Å². The van der Waals surface area contributed by atoms with Crippen LogP contribution >= 0.6 is 0 Å². The Morgan fingerprint density at radius 1 is 0.629 bits per heavy atom. The summed E-state index contributed by atoms with van der Waals surface area (Å²) < 4.78 is 16.5. The standard InChI is InChI=1S/C29H57BO5/c1-2-3-4-5-6-7-8-9-10-11-12-13-14-15-16-17-18-19-20-21-22-33-23-24-34-28-26(25-31)35-29(30)27(28)32/h26-29,31-32H,2-25H2,1H3. The Morgan fingerprint density at radius 3 is 1.49 bits per heavy atom. The second-order valence-electron chi connectivity index (χ2n) is 10.5. The lowest BCUT2D eigenvalue weighted by Crippen LogP contribution is -2.37. The van der Waals surface area contributed by atoms with Crippen LogP contribution in [0.2, 0.25) is 0 Å². The van der Waals surface area contributed by atoms with Gasteiger partial charge in [0.25, 0.3) is 0 Å². The second-order valence-corrected chi connectivity index (χ2v) is 10.5. The van der Waals surface area contributed by atoms with Crippen LogP contribution < -0.4 is 0 Å². The van der Waals surface area contributed by atoms with Crippen LogP contribution in [0.25, 0.3) is 0 Å². The molecule has 1 heterocycles. The van der Waals surface area contributed by atoms with Gasteiger partial charge in [-0.25, -0.2) is 0 Å². The minimum absolute atomic E-state index is 0.213. The first-order valence-electron chi connectivity index (χ1n) is 15.1. The summed E-state index contributed by atoms with van der Waals surface area (Å²) in [7, 11) is 5.63. The zero-order chi connectivity index (χ0) is 25.4. The van der Waals surface area contributed by atoms with E-state index < -0.39 is 24.3 Å². The number of hydrogen-bond donors (Lipinski definition) is 2. The highest BCUT2D eigenvalue weighted by Crippen LogP contribution is 2.22. The molecule has 0 aliphatic carbocycles. The molecule has 1 fully saturated rings. The molecule has 5 nitrogen and oxygen atoms in total. The SMILES string of the molecule is [B]C1OC(CO)C(OCCOCCCCCCCCCCCCCCCCCCCCCC)C1O. The summed E-state index contributed by atoms with van der Waals surface area (Å²) in [6, 6.07) is -0.799. The molecule has 0 bridgehead atoms. The summed E-state index contributed by atoms with van der Waals surface area (Å²) in [5.74, 6) is 0. The summed E-state index contributed by atoms with van der Waals surface area (Å²) in [4.78, 5) is 0. The van der Waals surface area contributed by atoms with E-state index in [2.05, 4.69) is 6.92 Å². The maximum atomic E-state index is 9.91. The van der Waals surface area contributed by atoms with Gasteiger partial charge in [-0.05, 0) is 6.42 Å². The van der Waals surface area contributed by atoms with Crippen LogP contribution in [-0.2, 0) is 14.2 Å². The monoisotopic (exact) mass is 496 g/mol. The summed E-state index contributed by atoms with van der Waals surface area (Å²) >= 11 is 0. The first kappa shape index (κ1) is 32.9. The molecule has 206 valence electrons. The minimum Gasteiger partial charge on any atom is -0.394 e. The van der Waals surface area contributed by atoms with E-state index in [0.29, 0.717) is 13.2 Å². The van der Waals surface area contributed by atoms with E-state index in [1.807, 2.05) is 0 Å². The molecule has 0 aromatic rings. The highest BCUT2D eigenvalue weighted by atomic mass is 16.6. The van der Waals surface area contributed by atoms with E-state index in [0.717, 1.165) is 13.0 Å². The fourth-order valence-electron chi connectivity index (χ4n) is 4.92. The van der Waals surface area contributed by atoms with Crippen LogP contribution in [0.3, 0.4) is 0 Å². The van der Waals surface area contributed by atoms with E-state index in [1.165, 1.54) is 122 Å². The van der Waals surface area contributed by atoms with E-state index in [1.54, 1.807) is 0 Å². The first-order chi connectivity index (χ1) is 17.2. The van der Waals surface area contributed by atoms with Gasteiger partial charge in [0.2, 0.25) is 0 Å². The van der Waals surface area contributed by atoms with E-state index in [-0.39, 0.29) is 6.61 Å². The van der Waals surface area contributed by atoms with E-state index >= 15 is 0 Å². The third-order valence-corrected chi connectivity index (χ3v) is 7.23. The molecule has 35 heavy (non-hydrogen) atoms. The van der Waals surface area contributed by atoms with Gasteiger partial charge < -0.3 is 24.4 Å². The summed E-state index contributed by atoms with van der Waals surface area (Å²) in [6.07, 6.45) is 25.7. The summed E-state index contributed by atoms with van der Waals surface area (Å²) in [5.41, 5.74) is 0. The third-order valence-electron chi connectivity index (χ3n) is 7.23. The molecule has 4 atom stereocenters. The Hall–Kier alpha value is -0.135. The Kier molecular flexibility index (Phi) is 22.8. The fraction of sp³-hybridized carbons (Fsp3) is 1.00. The van der Waals surface area contributed by atoms with Crippen LogP contribution in [0.4, 0.5) is 0 Å². The molecule has 0 spiro atoms. The van der Waals surface area contributed by atoms with Crippen molar-refractivity contribution in [3.05, 3.63) is 0 Å². The molecule has 0 saturated carbocycles. The Labute approximate surface area is 218 Å². The molecule has 1 saturated heterocycles. The van der Waals surface area contributed by atoms with Crippen molar-refractivity contribution in [3.8, 4) is 0 Å². The fourth-order valence-corrected chi connectivity index (χ4v) is 4.92. The highest BCUT2D eigenvalue weighted by molar-refractivity contribution is 6.11. The van der Waals surface area contributed by atoms with Crippen molar-refractivity contribution in [1.82, 2.24) is 0 Å². The molecule has 0 amide bonds. The van der Waals surface area contributed by atoms with Crippen molar-refractivity contribution in [2.75, 3.05) is 26.4 Å². The number of rotatable bonds is 26. The molecule has 4 unspecified atom stereocenters. The number of hydrogen-bond acceptors (Lipinski definition) is 5. The number of unbranched alkanes of at least 4 members (excludes halogenated alkanes) is 19. The smallest absolute Gasteiger partial charge is 0.114 e. The average Bonchev–Trinajstić information content (AvgIpc) is 3.14. The zero-order valence-electron chi connectivity index (χ0n) is 23.0. The van der Waals surface area contributed by atoms with E-state index in [9.17, 15) is 10.2 Å². The van der Waals surface area contributed by atoms with Gasteiger partial charge in [0.1, 0.15) is 26.2 Å². The molecule has 0 aromatic carbocycles. The van der Waals surface area contributed by atoms with Gasteiger partial charge in [-0.1, -0.05) is 129 Å². The number of ether oxygens (including phenoxy) is 3. The van der Waals surface area contributed by atoms with Crippen LogP contribution in [0, 0.1) is 0 Å². The normalized spacial score (nSPS) is 22.3. The molecule has 2 radical (unpaired) electrons. The topological polar surface area (TPSA) is 68.2 Å². The zero-order valence-corrected chi connectivity index (χ0v) is 23.0. The molecule has 1 rings (SSSR count). The van der Waals surface area contributed by atoms with Gasteiger partial charge in [-0.2, -0.15) is 0 Å². The molecular formula is C29H57BO5. The van der Waals surface area contributed by atoms with Gasteiger partial charge in [0, 0.05) is 12.6 Å². The Morgan fingerprint density at radius 2 is 1.06 bits per heavy atom. The van der Waals surface area contributed by atoms with Crippen molar-refractivity contribution in [2.24, 2.45) is 0 Å². The second kappa shape index (κ2) is 24.2. The van der Waals surface area contributed by atoms with Gasteiger partial charge in [0.05, 0.1) is 19.8 Å². The lowest BCUT2D eigenvalue weighted by atomic mass is 9.93. The van der Waals surface area contributed by atoms with Gasteiger partial charge in [-0.15, -0.1) is 0 Å². The van der Waals surface area contributed by atoms with Crippen LogP contribution in [0.1, 0.15) is 135 Å². The third kappa shape index (κ3) is 17.9. The summed E-state index contributed by atoms with van der Waals surface area (Å²) in [6.45, 7) is 3.67. The van der Waals surface area contributed by atoms with Crippen molar-refractivity contribution in [3.63, 3.8) is 0 Å². The number of aliphatic hydroxyl groups is 2. The molecule has 1 aliphatic heterocycles. The average molecular weight is 497 g/mol. The van der Waals surface area contributed by atoms with Crippen LogP contribution in [-0.4, -0.2) is 68.8 Å². The lowest BCUT2D eigenvalue weighted by molar-refractivity contribution is -0.0685. The maximum absolute atomic E-state index is 9.91. The minimum atomic E-state index is -0.906. The molecule has 1 aliphatic rings. The predicted octanol–water partition coefficient (Wildman–Crippen LogP) is 6.46. The largest absolute Gasteiger partial charge is 0.394 e. The number of aliphatic hydroxyl groups excluding tert-OH is 2. The maximum Gasteiger partial charge on any atom is 0.114 e. The van der Waals surface area contributed by atoms with Crippen molar-refractivity contribution >= 4 is 7.85 Å². The Bertz CT molecular complexity index is 439. The summed E-state index contributed by atoms with van der Waals surface area (Å²) in [5, 5.41) is 19.2. The molecule has 0 aromatic heterocycles. The van der Waals surface area contributed by atoms with Crippen molar-refractivity contribution in [1.29, 1.82) is 0 Å². The van der Waals surface area contributed by atoms with Crippen LogP contribution in [0.15, 0.2) is 0 Å². The lowest BCUT2D eigenvalue weighted by Gasteiger charge is -2.19. The molecular weight excluding hydrogens is 439 g/mol. The van der Waals surface area contributed by atoms with Gasteiger partial charge >= 0.3 is 0 Å². The molecule has 6 heteroatoms. The predicted molar refractivity (Wildman–Crippen MR) is 146 cm³/mol. The van der Waals surface area contributed by atoms with Gasteiger partial charge in [-0.3, -0.25) is 0 Å². The highest BCUT2D eigenvalue weighted by Gasteiger charge is 2.41. The molecule has 2 N–H and O–H groups in total. The first-order valence-corrected chi connectivity index (χ1v) is 15.1. The van der Waals surface area contributed by atoms with Crippen molar-refractivity contribution < 1.29 is 24.4 Å². The van der Waals surface area contributed by atoms with Crippen molar-refractivity contribution in [2.45, 2.75) is 160 Å². The quantitative estimate of drug-likeness (QED) is 0.106.